The van der Waals surface area contributed by atoms with E-state index in [1.807, 2.05) is 0 Å². The van der Waals surface area contributed by atoms with Crippen molar-refractivity contribution in [2.45, 2.75) is 44.9 Å². The lowest BCUT2D eigenvalue weighted by molar-refractivity contribution is -0.116. The van der Waals surface area contributed by atoms with Crippen LogP contribution >= 0.6 is 0 Å². The van der Waals surface area contributed by atoms with Crippen LogP contribution in [0.2, 0.25) is 0 Å². The summed E-state index contributed by atoms with van der Waals surface area (Å²) >= 11 is 0. The molecule has 27 heavy (non-hydrogen) atoms. The number of carbonyl (C=O) groups is 1. The molecule has 0 saturated carbocycles. The molecule has 1 aromatic carbocycles. The Kier molecular flexibility index (Phi) is 8.07. The topological polar surface area (TPSA) is 87.7 Å². The lowest BCUT2D eigenvalue weighted by atomic mass is 10.0. The molecule has 2 N–H and O–H groups in total. The molecule has 1 aliphatic rings. The lowest BCUT2D eigenvalue weighted by Gasteiger charge is -2.21. The number of ether oxygens (including phenoxy) is 1. The molecule has 0 aromatic heterocycles. The number of hydrogen-bond acceptors (Lipinski definition) is 5. The number of nitrogens with one attached hydrogen (secondary N) is 2. The van der Waals surface area contributed by atoms with Gasteiger partial charge in [-0.1, -0.05) is 13.8 Å². The van der Waals surface area contributed by atoms with Gasteiger partial charge in [-0.15, -0.1) is 0 Å². The molecule has 2 rings (SSSR count). The smallest absolute Gasteiger partial charge is 0.246 e. The third-order valence-corrected chi connectivity index (χ3v) is 6.86. The molecule has 1 aliphatic heterocycles. The molecule has 0 bridgehead atoms. The Morgan fingerprint density at radius 3 is 2.63 bits per heavy atom. The van der Waals surface area contributed by atoms with Crippen LogP contribution in [0.25, 0.3) is 0 Å². The van der Waals surface area contributed by atoms with Crippen LogP contribution < -0.4 is 15.4 Å². The van der Waals surface area contributed by atoms with E-state index in [0.29, 0.717) is 43.5 Å². The third kappa shape index (κ3) is 5.67. The molecule has 1 heterocycles. The van der Waals surface area contributed by atoms with Crippen LogP contribution in [-0.2, 0) is 14.8 Å². The zero-order valence-corrected chi connectivity index (χ0v) is 17.3. The summed E-state index contributed by atoms with van der Waals surface area (Å²) in [6.07, 6.45) is 2.36. The van der Waals surface area contributed by atoms with Gasteiger partial charge in [0, 0.05) is 25.2 Å². The molecule has 0 radical (unpaired) electrons. The Bertz CT molecular complexity index is 726. The first kappa shape index (κ1) is 21.7. The predicted octanol–water partition coefficient (Wildman–Crippen LogP) is 2.44. The number of carbonyl (C=O) groups excluding carboxylic acids is 1. The fourth-order valence-electron chi connectivity index (χ4n) is 3.28. The average Bonchev–Trinajstić information content (AvgIpc) is 3.16. The van der Waals surface area contributed by atoms with E-state index in [9.17, 15) is 13.2 Å². The molecular weight excluding hydrogens is 366 g/mol. The molecule has 1 fully saturated rings. The van der Waals surface area contributed by atoms with Crippen molar-refractivity contribution >= 4 is 21.6 Å². The Hall–Kier alpha value is -1.64. The van der Waals surface area contributed by atoms with Crippen molar-refractivity contribution in [3.05, 3.63) is 18.2 Å². The van der Waals surface area contributed by atoms with Gasteiger partial charge in [0.2, 0.25) is 15.9 Å². The number of rotatable bonds is 10. The molecule has 7 nitrogen and oxygen atoms in total. The SMILES string of the molecule is CCOc1ccc(NC(=O)CCC2CCNC2)cc1S(=O)(=O)N(CC)CC. The van der Waals surface area contributed by atoms with Gasteiger partial charge >= 0.3 is 0 Å². The van der Waals surface area contributed by atoms with E-state index in [4.69, 9.17) is 4.74 Å². The number of benzene rings is 1. The Morgan fingerprint density at radius 1 is 1.30 bits per heavy atom. The molecule has 1 aromatic rings. The van der Waals surface area contributed by atoms with E-state index >= 15 is 0 Å². The van der Waals surface area contributed by atoms with E-state index in [0.717, 1.165) is 25.9 Å². The highest BCUT2D eigenvalue weighted by Crippen LogP contribution is 2.30. The van der Waals surface area contributed by atoms with Crippen molar-refractivity contribution in [3.8, 4) is 5.75 Å². The van der Waals surface area contributed by atoms with Crippen LogP contribution in [0.5, 0.6) is 5.75 Å². The van der Waals surface area contributed by atoms with Gasteiger partial charge in [0.15, 0.2) is 0 Å². The summed E-state index contributed by atoms with van der Waals surface area (Å²) < 4.78 is 32.8. The van der Waals surface area contributed by atoms with Gasteiger partial charge in [-0.3, -0.25) is 4.79 Å². The molecule has 1 amide bonds. The zero-order valence-electron chi connectivity index (χ0n) is 16.5. The van der Waals surface area contributed by atoms with Crippen LogP contribution in [0.3, 0.4) is 0 Å². The molecule has 152 valence electrons. The minimum absolute atomic E-state index is 0.0887. The number of amides is 1. The second-order valence-corrected chi connectivity index (χ2v) is 8.54. The molecule has 1 saturated heterocycles. The molecule has 0 spiro atoms. The predicted molar refractivity (Wildman–Crippen MR) is 107 cm³/mol. The first-order chi connectivity index (χ1) is 12.9. The summed E-state index contributed by atoms with van der Waals surface area (Å²) in [6, 6.07) is 4.78. The standard InChI is InChI=1S/C19H31N3O4S/c1-4-22(5-2)27(24,25)18-13-16(8-9-17(18)26-6-3)21-19(23)10-7-15-11-12-20-14-15/h8-9,13,15,20H,4-7,10-12,14H2,1-3H3,(H,21,23). The third-order valence-electron chi connectivity index (χ3n) is 4.79. The normalized spacial score (nSPS) is 17.3. The van der Waals surface area contributed by atoms with Crippen LogP contribution in [-0.4, -0.2) is 51.4 Å². The van der Waals surface area contributed by atoms with Gasteiger partial charge in [-0.05, 0) is 57.0 Å². The largest absolute Gasteiger partial charge is 0.492 e. The van der Waals surface area contributed by atoms with Crippen molar-refractivity contribution in [2.75, 3.05) is 38.1 Å². The number of hydrogen-bond donors (Lipinski definition) is 2. The monoisotopic (exact) mass is 397 g/mol. The van der Waals surface area contributed by atoms with E-state index in [2.05, 4.69) is 10.6 Å². The van der Waals surface area contributed by atoms with E-state index < -0.39 is 10.0 Å². The highest BCUT2D eigenvalue weighted by molar-refractivity contribution is 7.89. The van der Waals surface area contributed by atoms with Crippen molar-refractivity contribution in [1.29, 1.82) is 0 Å². The van der Waals surface area contributed by atoms with Gasteiger partial charge in [0.25, 0.3) is 0 Å². The molecule has 1 atom stereocenters. The van der Waals surface area contributed by atoms with E-state index in [-0.39, 0.29) is 10.8 Å². The highest BCUT2D eigenvalue weighted by Gasteiger charge is 2.26. The molecule has 8 heteroatoms. The van der Waals surface area contributed by atoms with E-state index in [1.165, 1.54) is 10.4 Å². The maximum Gasteiger partial charge on any atom is 0.246 e. The first-order valence-corrected chi connectivity index (χ1v) is 11.1. The first-order valence-electron chi connectivity index (χ1n) is 9.69. The zero-order chi connectivity index (χ0) is 19.9. The van der Waals surface area contributed by atoms with Gasteiger partial charge in [0.05, 0.1) is 6.61 Å². The highest BCUT2D eigenvalue weighted by atomic mass is 32.2. The fourth-order valence-corrected chi connectivity index (χ4v) is 4.90. The van der Waals surface area contributed by atoms with Crippen LogP contribution in [0, 0.1) is 5.92 Å². The summed E-state index contributed by atoms with van der Waals surface area (Å²) in [6.45, 7) is 8.48. The molecular formula is C19H31N3O4S. The maximum absolute atomic E-state index is 13.0. The summed E-state index contributed by atoms with van der Waals surface area (Å²) in [7, 11) is -3.69. The van der Waals surface area contributed by atoms with Crippen molar-refractivity contribution in [1.82, 2.24) is 9.62 Å². The fraction of sp³-hybridized carbons (Fsp3) is 0.632. The van der Waals surface area contributed by atoms with E-state index in [1.54, 1.807) is 32.9 Å². The number of nitrogens with zero attached hydrogens (tertiary/aromatic N) is 1. The summed E-state index contributed by atoms with van der Waals surface area (Å²) in [5, 5.41) is 6.12. The summed E-state index contributed by atoms with van der Waals surface area (Å²) in [5.41, 5.74) is 0.471. The lowest BCUT2D eigenvalue weighted by Crippen LogP contribution is -2.31. The van der Waals surface area contributed by atoms with Crippen molar-refractivity contribution in [2.24, 2.45) is 5.92 Å². The summed E-state index contributed by atoms with van der Waals surface area (Å²) in [4.78, 5) is 12.4. The molecule has 0 aliphatic carbocycles. The quantitative estimate of drug-likeness (QED) is 0.633. The minimum atomic E-state index is -3.69. The average molecular weight is 398 g/mol. The number of anilines is 1. The minimum Gasteiger partial charge on any atom is -0.492 e. The second kappa shape index (κ2) is 10.1. The Balaban J connectivity index is 2.17. The summed E-state index contributed by atoms with van der Waals surface area (Å²) in [5.74, 6) is 0.742. The van der Waals surface area contributed by atoms with Crippen LogP contribution in [0.1, 0.15) is 40.0 Å². The van der Waals surface area contributed by atoms with Gasteiger partial charge < -0.3 is 15.4 Å². The number of sulfonamides is 1. The van der Waals surface area contributed by atoms with Gasteiger partial charge in [0.1, 0.15) is 10.6 Å². The van der Waals surface area contributed by atoms with Crippen LogP contribution in [0.4, 0.5) is 5.69 Å². The van der Waals surface area contributed by atoms with Crippen molar-refractivity contribution in [3.63, 3.8) is 0 Å². The second-order valence-electron chi connectivity index (χ2n) is 6.63. The molecule has 1 unspecified atom stereocenters. The maximum atomic E-state index is 13.0. The Morgan fingerprint density at radius 2 is 2.04 bits per heavy atom. The van der Waals surface area contributed by atoms with Gasteiger partial charge in [-0.2, -0.15) is 4.31 Å². The van der Waals surface area contributed by atoms with Gasteiger partial charge in [-0.25, -0.2) is 8.42 Å². The van der Waals surface area contributed by atoms with Crippen molar-refractivity contribution < 1.29 is 17.9 Å². The van der Waals surface area contributed by atoms with Crippen LogP contribution in [0.15, 0.2) is 23.1 Å². The Labute approximate surface area is 162 Å².